The van der Waals surface area contributed by atoms with Crippen LogP contribution in [0.25, 0.3) is 0 Å². The second kappa shape index (κ2) is 7.36. The summed E-state index contributed by atoms with van der Waals surface area (Å²) in [6.07, 6.45) is 0.745. The number of cyclic esters (lactones) is 1. The van der Waals surface area contributed by atoms with Crippen LogP contribution in [0.15, 0.2) is 35.7 Å². The minimum atomic E-state index is -3.06. The molecule has 3 rings (SSSR count). The van der Waals surface area contributed by atoms with Gasteiger partial charge in [-0.3, -0.25) is 4.90 Å². The number of carbonyl (C=O) groups is 2. The van der Waals surface area contributed by atoms with E-state index in [1.807, 2.05) is 24.3 Å². The van der Waals surface area contributed by atoms with Gasteiger partial charge in [0.25, 0.3) is 0 Å². The van der Waals surface area contributed by atoms with E-state index in [2.05, 4.69) is 10.1 Å². The van der Waals surface area contributed by atoms with Crippen molar-refractivity contribution >= 4 is 27.7 Å². The van der Waals surface area contributed by atoms with Gasteiger partial charge in [0, 0.05) is 17.0 Å². The van der Waals surface area contributed by atoms with Crippen molar-refractivity contribution in [3.8, 4) is 0 Å². The molecule has 8 nitrogen and oxygen atoms in total. The van der Waals surface area contributed by atoms with Crippen molar-refractivity contribution in [1.82, 2.24) is 5.32 Å². The Kier molecular flexibility index (Phi) is 5.17. The summed E-state index contributed by atoms with van der Waals surface area (Å²) >= 11 is 0. The highest BCUT2D eigenvalue weighted by Crippen LogP contribution is 2.29. The molecule has 140 valence electrons. The summed E-state index contributed by atoms with van der Waals surface area (Å²) in [7, 11) is -1.80. The quantitative estimate of drug-likeness (QED) is 0.854. The molecule has 1 fully saturated rings. The number of sulfone groups is 1. The number of nitrogens with zero attached hydrogens (tertiary/aromatic N) is 1. The Hall–Kier alpha value is -2.55. The van der Waals surface area contributed by atoms with Gasteiger partial charge in [0.05, 0.1) is 26.0 Å². The molecule has 2 aliphatic heterocycles. The number of carbonyl (C=O) groups excluding carboxylic acids is 2. The first kappa shape index (κ1) is 18.2. The zero-order chi connectivity index (χ0) is 18.7. The van der Waals surface area contributed by atoms with Gasteiger partial charge in [0.2, 0.25) is 0 Å². The topological polar surface area (TPSA) is 102 Å². The minimum absolute atomic E-state index is 0.0510. The number of benzene rings is 1. The van der Waals surface area contributed by atoms with E-state index in [1.165, 1.54) is 17.4 Å². The summed E-state index contributed by atoms with van der Waals surface area (Å²) in [6.45, 7) is 0.498. The minimum Gasteiger partial charge on any atom is -0.453 e. The molecule has 0 aromatic heterocycles. The Morgan fingerprint density at radius 2 is 2.08 bits per heavy atom. The lowest BCUT2D eigenvalue weighted by Crippen LogP contribution is -2.34. The standard InChI is InChI=1S/C17H20N2O6S/c1-24-16(20)18-10-15-11-19(17(21)25-15)14-4-2-12(3-5-14)13-6-8-26(22,23)9-7-13/h2-6,8,13,15H,7,9-11H2,1H3,(H,18,20)/t13?,15-/m0/s1. The number of nitrogens with one attached hydrogen (secondary N) is 1. The number of anilines is 1. The van der Waals surface area contributed by atoms with E-state index in [4.69, 9.17) is 4.74 Å². The Morgan fingerprint density at radius 1 is 1.35 bits per heavy atom. The van der Waals surface area contributed by atoms with Crippen molar-refractivity contribution < 1.29 is 27.5 Å². The van der Waals surface area contributed by atoms with Gasteiger partial charge in [0.15, 0.2) is 9.84 Å². The van der Waals surface area contributed by atoms with E-state index in [0.717, 1.165) is 5.56 Å². The molecule has 1 aromatic carbocycles. The van der Waals surface area contributed by atoms with E-state index < -0.39 is 28.1 Å². The average Bonchev–Trinajstić information content (AvgIpc) is 3.00. The van der Waals surface area contributed by atoms with Gasteiger partial charge in [-0.05, 0) is 24.1 Å². The van der Waals surface area contributed by atoms with Gasteiger partial charge in [-0.2, -0.15) is 0 Å². The molecule has 0 spiro atoms. The molecule has 2 amide bonds. The number of alkyl carbamates (subject to hydrolysis) is 1. The van der Waals surface area contributed by atoms with Crippen molar-refractivity contribution in [2.75, 3.05) is 30.9 Å². The number of rotatable bonds is 4. The maximum atomic E-state index is 12.0. The molecule has 26 heavy (non-hydrogen) atoms. The van der Waals surface area contributed by atoms with E-state index >= 15 is 0 Å². The average molecular weight is 380 g/mol. The molecule has 1 unspecified atom stereocenters. The summed E-state index contributed by atoms with van der Waals surface area (Å²) in [5, 5.41) is 3.77. The smallest absolute Gasteiger partial charge is 0.414 e. The van der Waals surface area contributed by atoms with Gasteiger partial charge in [-0.1, -0.05) is 18.2 Å². The van der Waals surface area contributed by atoms with Crippen LogP contribution in [0.1, 0.15) is 17.9 Å². The van der Waals surface area contributed by atoms with Gasteiger partial charge in [-0.25, -0.2) is 18.0 Å². The Bertz CT molecular complexity index is 818. The maximum Gasteiger partial charge on any atom is 0.414 e. The molecular formula is C17H20N2O6S. The van der Waals surface area contributed by atoms with E-state index in [-0.39, 0.29) is 18.2 Å². The number of amides is 2. The first-order chi connectivity index (χ1) is 12.4. The molecule has 1 saturated heterocycles. The second-order valence-electron chi connectivity index (χ2n) is 6.17. The van der Waals surface area contributed by atoms with E-state index in [9.17, 15) is 18.0 Å². The molecule has 9 heteroatoms. The molecule has 0 bridgehead atoms. The van der Waals surface area contributed by atoms with Crippen LogP contribution in [0.4, 0.5) is 15.3 Å². The van der Waals surface area contributed by atoms with Crippen molar-refractivity contribution in [1.29, 1.82) is 0 Å². The number of hydrogen-bond donors (Lipinski definition) is 1. The van der Waals surface area contributed by atoms with Crippen molar-refractivity contribution in [3.63, 3.8) is 0 Å². The van der Waals surface area contributed by atoms with E-state index in [0.29, 0.717) is 18.7 Å². The summed E-state index contributed by atoms with van der Waals surface area (Å²) < 4.78 is 32.6. The number of methoxy groups -OCH3 is 1. The fraction of sp³-hybridized carbons (Fsp3) is 0.412. The SMILES string of the molecule is COC(=O)NC[C@H]1CN(c2ccc(C3C=CS(=O)(=O)CC3)cc2)C(=O)O1. The fourth-order valence-electron chi connectivity index (χ4n) is 2.96. The molecule has 2 aliphatic rings. The molecular weight excluding hydrogens is 360 g/mol. The highest BCUT2D eigenvalue weighted by Gasteiger charge is 2.32. The largest absolute Gasteiger partial charge is 0.453 e. The predicted molar refractivity (Wildman–Crippen MR) is 94.7 cm³/mol. The third kappa shape index (κ3) is 4.16. The van der Waals surface area contributed by atoms with Gasteiger partial charge in [-0.15, -0.1) is 0 Å². The molecule has 1 N–H and O–H groups in total. The van der Waals surface area contributed by atoms with Gasteiger partial charge < -0.3 is 14.8 Å². The fourth-order valence-corrected chi connectivity index (χ4v) is 4.10. The highest BCUT2D eigenvalue weighted by atomic mass is 32.2. The van der Waals surface area contributed by atoms with Crippen LogP contribution in [0.3, 0.4) is 0 Å². The van der Waals surface area contributed by atoms with Crippen LogP contribution in [0.2, 0.25) is 0 Å². The molecule has 1 aromatic rings. The molecule has 0 saturated carbocycles. The lowest BCUT2D eigenvalue weighted by molar-refractivity contribution is 0.132. The Labute approximate surface area is 151 Å². The summed E-state index contributed by atoms with van der Waals surface area (Å²) in [5.74, 6) is 0.193. The van der Waals surface area contributed by atoms with Gasteiger partial charge in [0.1, 0.15) is 6.10 Å². The first-order valence-electron chi connectivity index (χ1n) is 8.19. The van der Waals surface area contributed by atoms with Crippen LogP contribution in [-0.4, -0.2) is 52.7 Å². The van der Waals surface area contributed by atoms with Gasteiger partial charge >= 0.3 is 12.2 Å². The Balaban J connectivity index is 1.63. The van der Waals surface area contributed by atoms with Crippen LogP contribution in [0.5, 0.6) is 0 Å². The number of allylic oxidation sites excluding steroid dienone is 1. The van der Waals surface area contributed by atoms with Crippen LogP contribution in [-0.2, 0) is 19.3 Å². The van der Waals surface area contributed by atoms with Crippen LogP contribution in [0, 0.1) is 0 Å². The zero-order valence-electron chi connectivity index (χ0n) is 14.3. The molecule has 2 atom stereocenters. The van der Waals surface area contributed by atoms with E-state index in [1.54, 1.807) is 6.08 Å². The number of hydrogen-bond acceptors (Lipinski definition) is 6. The summed E-state index contributed by atoms with van der Waals surface area (Å²) in [5.41, 5.74) is 1.68. The van der Waals surface area contributed by atoms with Crippen molar-refractivity contribution in [2.24, 2.45) is 0 Å². The Morgan fingerprint density at radius 3 is 2.69 bits per heavy atom. The maximum absolute atomic E-state index is 12.0. The lowest BCUT2D eigenvalue weighted by atomic mass is 9.96. The number of ether oxygens (including phenoxy) is 2. The highest BCUT2D eigenvalue weighted by molar-refractivity contribution is 7.94. The third-order valence-corrected chi connectivity index (χ3v) is 5.77. The monoisotopic (exact) mass is 380 g/mol. The first-order valence-corrected chi connectivity index (χ1v) is 9.90. The summed E-state index contributed by atoms with van der Waals surface area (Å²) in [4.78, 5) is 24.6. The lowest BCUT2D eigenvalue weighted by Gasteiger charge is -2.18. The second-order valence-corrected chi connectivity index (χ2v) is 8.18. The summed E-state index contributed by atoms with van der Waals surface area (Å²) in [6, 6.07) is 7.39. The normalized spacial score (nSPS) is 24.2. The molecule has 0 radical (unpaired) electrons. The van der Waals surface area contributed by atoms with Crippen molar-refractivity contribution in [3.05, 3.63) is 41.3 Å². The molecule has 2 heterocycles. The van der Waals surface area contributed by atoms with Crippen LogP contribution < -0.4 is 10.2 Å². The predicted octanol–water partition coefficient (Wildman–Crippen LogP) is 1.78. The third-order valence-electron chi connectivity index (χ3n) is 4.40. The van der Waals surface area contributed by atoms with Crippen LogP contribution >= 0.6 is 0 Å². The zero-order valence-corrected chi connectivity index (χ0v) is 15.1. The molecule has 0 aliphatic carbocycles. The van der Waals surface area contributed by atoms with Crippen molar-refractivity contribution in [2.45, 2.75) is 18.4 Å².